The number of aromatic nitrogens is 2. The van der Waals surface area contributed by atoms with Crippen molar-refractivity contribution in [2.45, 2.75) is 38.5 Å². The number of nitrogens with one attached hydrogen (secondary N) is 1. The van der Waals surface area contributed by atoms with Gasteiger partial charge in [-0.05, 0) is 26.0 Å². The molecule has 0 aliphatic rings. The largest absolute Gasteiger partial charge is 0.481 e. The molecule has 0 bridgehead atoms. The molecule has 0 amide bonds. The third-order valence-corrected chi connectivity index (χ3v) is 6.03. The van der Waals surface area contributed by atoms with Crippen LogP contribution >= 0.6 is 7.75 Å². The topological polar surface area (TPSA) is 127 Å². The van der Waals surface area contributed by atoms with Crippen LogP contribution in [0.2, 0.25) is 0 Å². The number of carbonyl (C=O) groups excluding carboxylic acids is 1. The maximum absolute atomic E-state index is 13.4. The van der Waals surface area contributed by atoms with Crippen molar-refractivity contribution in [1.29, 1.82) is 0 Å². The number of ether oxygens (including phenoxy) is 3. The number of nitrogens with zero attached hydrogens (tertiary/aromatic N) is 2. The van der Waals surface area contributed by atoms with E-state index >= 15 is 0 Å². The lowest BCUT2D eigenvalue weighted by Gasteiger charge is -2.24. The summed E-state index contributed by atoms with van der Waals surface area (Å²) in [5.74, 6) is 2.34. The van der Waals surface area contributed by atoms with Crippen LogP contribution in [0.1, 0.15) is 26.3 Å². The van der Waals surface area contributed by atoms with Crippen molar-refractivity contribution in [3.8, 4) is 24.0 Å². The monoisotopic (exact) mass is 507 g/mol. The molecule has 1 aromatic carbocycles. The minimum Gasteiger partial charge on any atom is -0.481 e. The van der Waals surface area contributed by atoms with Crippen molar-refractivity contribution in [2.75, 3.05) is 27.4 Å². The second-order valence-electron chi connectivity index (χ2n) is 7.51. The molecule has 11 nitrogen and oxygen atoms in total. The van der Waals surface area contributed by atoms with E-state index in [4.69, 9.17) is 29.7 Å². The SMILES string of the molecule is C#CC(CC(COP(=O)(NCC(=O)OC(C)C)Oc1ccccc1)OC)n1ccc(OC)nc1=O. The molecule has 0 saturated heterocycles. The van der Waals surface area contributed by atoms with Crippen LogP contribution in [0.4, 0.5) is 0 Å². The Kier molecular flexibility index (Phi) is 11.0. The first kappa shape index (κ1) is 28.1. The summed E-state index contributed by atoms with van der Waals surface area (Å²) in [4.78, 5) is 28.0. The second kappa shape index (κ2) is 13.7. The maximum Gasteiger partial charge on any atom is 0.459 e. The zero-order chi connectivity index (χ0) is 25.8. The lowest BCUT2D eigenvalue weighted by atomic mass is 10.1. The first-order valence-corrected chi connectivity index (χ1v) is 12.3. The highest BCUT2D eigenvalue weighted by Gasteiger charge is 2.30. The summed E-state index contributed by atoms with van der Waals surface area (Å²) < 4.78 is 41.2. The number of benzene rings is 1. The summed E-state index contributed by atoms with van der Waals surface area (Å²) in [7, 11) is -1.21. The Balaban J connectivity index is 2.12. The predicted octanol–water partition coefficient (Wildman–Crippen LogP) is 2.58. The molecule has 1 N–H and O–H groups in total. The lowest BCUT2D eigenvalue weighted by Crippen LogP contribution is -2.31. The zero-order valence-electron chi connectivity index (χ0n) is 20.1. The number of rotatable bonds is 14. The fourth-order valence-corrected chi connectivity index (χ4v) is 4.16. The lowest BCUT2D eigenvalue weighted by molar-refractivity contribution is -0.145. The molecule has 0 fully saturated rings. The Morgan fingerprint density at radius 3 is 2.51 bits per heavy atom. The number of carbonyl (C=O) groups is 1. The Morgan fingerprint density at radius 2 is 1.94 bits per heavy atom. The van der Waals surface area contributed by atoms with Crippen molar-refractivity contribution < 1.29 is 32.6 Å². The summed E-state index contributed by atoms with van der Waals surface area (Å²) in [6.07, 6.45) is 6.24. The van der Waals surface area contributed by atoms with E-state index in [-0.39, 0.29) is 30.8 Å². The van der Waals surface area contributed by atoms with E-state index in [9.17, 15) is 14.2 Å². The van der Waals surface area contributed by atoms with Crippen molar-refractivity contribution in [2.24, 2.45) is 0 Å². The summed E-state index contributed by atoms with van der Waals surface area (Å²) in [5.41, 5.74) is -0.591. The molecule has 1 aromatic heterocycles. The number of methoxy groups -OCH3 is 2. The number of terminal acetylenes is 1. The summed E-state index contributed by atoms with van der Waals surface area (Å²) in [5, 5.41) is 2.51. The van der Waals surface area contributed by atoms with Gasteiger partial charge in [-0.3, -0.25) is 13.9 Å². The van der Waals surface area contributed by atoms with E-state index < -0.39 is 38.1 Å². The Morgan fingerprint density at radius 1 is 1.23 bits per heavy atom. The Hall–Kier alpha value is -3.16. The minimum atomic E-state index is -4.03. The molecule has 2 rings (SSSR count). The van der Waals surface area contributed by atoms with Crippen molar-refractivity contribution >= 4 is 13.7 Å². The van der Waals surface area contributed by atoms with Crippen LogP contribution < -0.4 is 20.0 Å². The van der Waals surface area contributed by atoms with Crippen LogP contribution in [0.5, 0.6) is 11.6 Å². The van der Waals surface area contributed by atoms with Crippen molar-refractivity contribution in [1.82, 2.24) is 14.6 Å². The second-order valence-corrected chi connectivity index (χ2v) is 9.26. The first-order valence-electron chi connectivity index (χ1n) is 10.8. The van der Waals surface area contributed by atoms with Crippen molar-refractivity contribution in [3.05, 3.63) is 53.1 Å². The number of hydrogen-bond donors (Lipinski definition) is 1. The van der Waals surface area contributed by atoms with Gasteiger partial charge in [0.05, 0.1) is 25.9 Å². The smallest absolute Gasteiger partial charge is 0.459 e. The van der Waals surface area contributed by atoms with Gasteiger partial charge < -0.3 is 18.7 Å². The molecule has 12 heteroatoms. The van der Waals surface area contributed by atoms with Gasteiger partial charge in [0.15, 0.2) is 0 Å². The molecule has 0 radical (unpaired) electrons. The van der Waals surface area contributed by atoms with Gasteiger partial charge in [-0.1, -0.05) is 24.1 Å². The van der Waals surface area contributed by atoms with Crippen LogP contribution in [0, 0.1) is 12.3 Å². The van der Waals surface area contributed by atoms with E-state index in [1.54, 1.807) is 44.2 Å². The highest BCUT2D eigenvalue weighted by Crippen LogP contribution is 2.44. The highest BCUT2D eigenvalue weighted by atomic mass is 31.2. The molecule has 1 heterocycles. The highest BCUT2D eigenvalue weighted by molar-refractivity contribution is 7.52. The van der Waals surface area contributed by atoms with Crippen LogP contribution in [-0.4, -0.2) is 55.1 Å². The molecule has 0 aliphatic carbocycles. The number of para-hydroxylation sites is 1. The molecule has 0 saturated carbocycles. The normalized spacial score (nSPS) is 14.4. The fraction of sp³-hybridized carbons (Fsp3) is 0.435. The van der Waals surface area contributed by atoms with Crippen molar-refractivity contribution in [3.63, 3.8) is 0 Å². The zero-order valence-corrected chi connectivity index (χ0v) is 21.0. The van der Waals surface area contributed by atoms with E-state index in [0.29, 0.717) is 0 Å². The molecule has 190 valence electrons. The van der Waals surface area contributed by atoms with Gasteiger partial charge in [0.25, 0.3) is 0 Å². The van der Waals surface area contributed by atoms with Gasteiger partial charge in [-0.15, -0.1) is 6.42 Å². The number of esters is 1. The third kappa shape index (κ3) is 9.19. The molecular weight excluding hydrogens is 477 g/mol. The molecule has 35 heavy (non-hydrogen) atoms. The van der Waals surface area contributed by atoms with Gasteiger partial charge in [-0.25, -0.2) is 14.4 Å². The molecular formula is C23H30N3O8P. The van der Waals surface area contributed by atoms with Gasteiger partial charge in [0.2, 0.25) is 5.88 Å². The summed E-state index contributed by atoms with van der Waals surface area (Å²) >= 11 is 0. The van der Waals surface area contributed by atoms with Crippen LogP contribution in [-0.2, 0) is 23.4 Å². The van der Waals surface area contributed by atoms with E-state index in [2.05, 4.69) is 16.0 Å². The summed E-state index contributed by atoms with van der Waals surface area (Å²) in [6.45, 7) is 2.77. The maximum atomic E-state index is 13.4. The predicted molar refractivity (Wildman–Crippen MR) is 128 cm³/mol. The van der Waals surface area contributed by atoms with Crippen LogP contribution in [0.15, 0.2) is 47.4 Å². The number of hydrogen-bond acceptors (Lipinski definition) is 9. The first-order chi connectivity index (χ1) is 16.7. The standard InChI is InChI=1S/C23H30N3O8P/c1-6-18(26-13-12-21(31-5)25-23(26)28)14-20(30-4)16-32-35(29,24-15-22(27)33-17(2)3)34-19-10-8-7-9-11-19/h1,7-13,17-18,20H,14-16H2,2-5H3,(H,24,29). The fourth-order valence-electron chi connectivity index (χ4n) is 2.86. The van der Waals surface area contributed by atoms with E-state index in [0.717, 1.165) is 0 Å². The van der Waals surface area contributed by atoms with Gasteiger partial charge in [0.1, 0.15) is 18.3 Å². The molecule has 0 spiro atoms. The quantitative estimate of drug-likeness (QED) is 0.232. The average Bonchev–Trinajstić information content (AvgIpc) is 2.83. The third-order valence-electron chi connectivity index (χ3n) is 4.54. The summed E-state index contributed by atoms with van der Waals surface area (Å²) in [6, 6.07) is 9.13. The Bertz CT molecular complexity index is 1100. The average molecular weight is 507 g/mol. The minimum absolute atomic E-state index is 0.141. The molecule has 0 aliphatic heterocycles. The molecule has 2 aromatic rings. The van der Waals surface area contributed by atoms with Gasteiger partial charge in [0, 0.05) is 25.8 Å². The molecule has 3 unspecified atom stereocenters. The van der Waals surface area contributed by atoms with Crippen LogP contribution in [0.25, 0.3) is 0 Å². The van der Waals surface area contributed by atoms with Gasteiger partial charge >= 0.3 is 19.4 Å². The molecule has 3 atom stereocenters. The van der Waals surface area contributed by atoms with Crippen LogP contribution in [0.3, 0.4) is 0 Å². The van der Waals surface area contributed by atoms with E-state index in [1.807, 2.05) is 0 Å². The van der Waals surface area contributed by atoms with Gasteiger partial charge in [-0.2, -0.15) is 4.98 Å². The van der Waals surface area contributed by atoms with E-state index in [1.165, 1.54) is 31.0 Å². The Labute approximate surface area is 204 Å².